The van der Waals surface area contributed by atoms with Crippen LogP contribution in [0.5, 0.6) is 0 Å². The zero-order chi connectivity index (χ0) is 13.6. The first-order valence-electron chi connectivity index (χ1n) is 7.33. The monoisotopic (exact) mass is 258 g/mol. The van der Waals surface area contributed by atoms with Gasteiger partial charge in [0.2, 0.25) is 0 Å². The molecule has 108 valence electrons. The topological polar surface area (TPSA) is 38.7 Å². The van der Waals surface area contributed by atoms with Crippen LogP contribution in [0, 0.1) is 0 Å². The Labute approximate surface area is 112 Å². The molecule has 0 aromatic carbocycles. The summed E-state index contributed by atoms with van der Waals surface area (Å²) in [7, 11) is 1.73. The van der Waals surface area contributed by atoms with Gasteiger partial charge in [0.05, 0.1) is 17.3 Å². The molecule has 1 N–H and O–H groups in total. The Morgan fingerprint density at radius 2 is 1.83 bits per heavy atom. The van der Waals surface area contributed by atoms with Gasteiger partial charge in [0, 0.05) is 13.7 Å². The molecule has 1 atom stereocenters. The Morgan fingerprint density at radius 3 is 2.33 bits per heavy atom. The summed E-state index contributed by atoms with van der Waals surface area (Å²) >= 11 is 0. The average Bonchev–Trinajstić information content (AvgIpc) is 2.37. The molecule has 0 heterocycles. The lowest BCUT2D eigenvalue weighted by Crippen LogP contribution is -2.47. The van der Waals surface area contributed by atoms with E-state index in [0.717, 1.165) is 25.7 Å². The Kier molecular flexibility index (Phi) is 6.09. The van der Waals surface area contributed by atoms with E-state index in [1.807, 2.05) is 6.92 Å². The molecule has 0 aliphatic heterocycles. The van der Waals surface area contributed by atoms with Gasteiger partial charge in [-0.1, -0.05) is 19.3 Å². The van der Waals surface area contributed by atoms with E-state index in [1.54, 1.807) is 7.11 Å². The van der Waals surface area contributed by atoms with Crippen molar-refractivity contribution in [2.24, 2.45) is 0 Å². The van der Waals surface area contributed by atoms with Gasteiger partial charge in [-0.3, -0.25) is 0 Å². The summed E-state index contributed by atoms with van der Waals surface area (Å²) in [4.78, 5) is 0. The lowest BCUT2D eigenvalue weighted by Gasteiger charge is -2.41. The highest BCUT2D eigenvalue weighted by Gasteiger charge is 2.40. The number of rotatable bonds is 7. The van der Waals surface area contributed by atoms with Crippen LogP contribution in [0.25, 0.3) is 0 Å². The number of hydrogen-bond donors (Lipinski definition) is 1. The van der Waals surface area contributed by atoms with Crippen molar-refractivity contribution in [3.8, 4) is 0 Å². The van der Waals surface area contributed by atoms with Gasteiger partial charge >= 0.3 is 0 Å². The van der Waals surface area contributed by atoms with Crippen LogP contribution in [-0.2, 0) is 9.47 Å². The molecule has 1 saturated carbocycles. The summed E-state index contributed by atoms with van der Waals surface area (Å²) in [6.45, 7) is 6.83. The molecular formula is C15H30O3. The van der Waals surface area contributed by atoms with Crippen LogP contribution in [0.4, 0.5) is 0 Å². The molecule has 0 saturated heterocycles. The van der Waals surface area contributed by atoms with E-state index >= 15 is 0 Å². The van der Waals surface area contributed by atoms with Gasteiger partial charge in [-0.2, -0.15) is 0 Å². The summed E-state index contributed by atoms with van der Waals surface area (Å²) in [6.07, 6.45) is 6.85. The molecule has 0 aromatic rings. The Morgan fingerprint density at radius 1 is 1.22 bits per heavy atom. The lowest BCUT2D eigenvalue weighted by atomic mass is 9.78. The van der Waals surface area contributed by atoms with Crippen molar-refractivity contribution in [1.82, 2.24) is 0 Å². The van der Waals surface area contributed by atoms with Crippen LogP contribution in [0.15, 0.2) is 0 Å². The molecule has 1 fully saturated rings. The molecule has 0 bridgehead atoms. The lowest BCUT2D eigenvalue weighted by molar-refractivity contribution is -0.145. The van der Waals surface area contributed by atoms with E-state index in [-0.39, 0.29) is 17.3 Å². The van der Waals surface area contributed by atoms with Gasteiger partial charge < -0.3 is 14.6 Å². The first-order valence-corrected chi connectivity index (χ1v) is 7.33. The van der Waals surface area contributed by atoms with E-state index in [1.165, 1.54) is 19.3 Å². The molecule has 0 spiro atoms. The number of ether oxygens (including phenoxy) is 2. The molecule has 1 unspecified atom stereocenters. The number of aliphatic hydroxyl groups is 1. The van der Waals surface area contributed by atoms with Crippen LogP contribution >= 0.6 is 0 Å². The van der Waals surface area contributed by atoms with E-state index in [2.05, 4.69) is 13.8 Å². The Bertz CT molecular complexity index is 226. The highest BCUT2D eigenvalue weighted by molar-refractivity contribution is 4.92. The molecule has 3 heteroatoms. The third kappa shape index (κ3) is 4.22. The largest absolute Gasteiger partial charge is 0.390 e. The third-order valence-electron chi connectivity index (χ3n) is 4.31. The number of aliphatic hydroxyl groups excluding tert-OH is 1. The second-order valence-electron chi connectivity index (χ2n) is 6.08. The van der Waals surface area contributed by atoms with Crippen molar-refractivity contribution in [1.29, 1.82) is 0 Å². The van der Waals surface area contributed by atoms with Gasteiger partial charge in [-0.15, -0.1) is 0 Å². The maximum atomic E-state index is 10.5. The summed E-state index contributed by atoms with van der Waals surface area (Å²) < 4.78 is 11.4. The fourth-order valence-electron chi connectivity index (χ4n) is 2.86. The molecule has 0 aromatic heterocycles. The van der Waals surface area contributed by atoms with Crippen molar-refractivity contribution < 1.29 is 14.6 Å². The van der Waals surface area contributed by atoms with Crippen LogP contribution in [0.2, 0.25) is 0 Å². The van der Waals surface area contributed by atoms with Gasteiger partial charge in [0.1, 0.15) is 0 Å². The van der Waals surface area contributed by atoms with Crippen molar-refractivity contribution in [3.05, 3.63) is 0 Å². The molecule has 0 amide bonds. The first-order chi connectivity index (χ1) is 8.46. The second kappa shape index (κ2) is 6.88. The Hall–Kier alpha value is -0.120. The van der Waals surface area contributed by atoms with Crippen molar-refractivity contribution >= 4 is 0 Å². The normalized spacial score (nSPS) is 21.8. The summed E-state index contributed by atoms with van der Waals surface area (Å²) in [6, 6.07) is 0. The van der Waals surface area contributed by atoms with Crippen LogP contribution in [0.1, 0.15) is 65.7 Å². The van der Waals surface area contributed by atoms with Crippen molar-refractivity contribution in [3.63, 3.8) is 0 Å². The van der Waals surface area contributed by atoms with Gasteiger partial charge in [-0.25, -0.2) is 0 Å². The molecular weight excluding hydrogens is 228 g/mol. The summed E-state index contributed by atoms with van der Waals surface area (Å²) in [5.41, 5.74) is -0.458. The molecule has 3 nitrogen and oxygen atoms in total. The summed E-state index contributed by atoms with van der Waals surface area (Å²) in [5.74, 6) is 0. The molecule has 1 rings (SSSR count). The highest BCUT2D eigenvalue weighted by Crippen LogP contribution is 2.37. The van der Waals surface area contributed by atoms with E-state index in [0.29, 0.717) is 6.61 Å². The van der Waals surface area contributed by atoms with Crippen molar-refractivity contribution in [2.45, 2.75) is 83.0 Å². The minimum atomic E-state index is -0.368. The van der Waals surface area contributed by atoms with E-state index < -0.39 is 0 Å². The van der Waals surface area contributed by atoms with E-state index in [4.69, 9.17) is 9.47 Å². The maximum Gasteiger partial charge on any atom is 0.0940 e. The third-order valence-corrected chi connectivity index (χ3v) is 4.31. The standard InChI is InChI=1S/C15H30O3/c1-5-18-15(10-7-6-8-11-15)13(16)9-12-14(2,3)17-4/h13,16H,5-12H2,1-4H3. The number of methoxy groups -OCH3 is 1. The molecule has 18 heavy (non-hydrogen) atoms. The highest BCUT2D eigenvalue weighted by atomic mass is 16.5. The van der Waals surface area contributed by atoms with Crippen LogP contribution in [-0.4, -0.2) is 36.1 Å². The quantitative estimate of drug-likeness (QED) is 0.761. The van der Waals surface area contributed by atoms with Crippen LogP contribution < -0.4 is 0 Å². The van der Waals surface area contributed by atoms with Gasteiger partial charge in [0.25, 0.3) is 0 Å². The zero-order valence-electron chi connectivity index (χ0n) is 12.5. The fraction of sp³-hybridized carbons (Fsp3) is 1.00. The number of hydrogen-bond acceptors (Lipinski definition) is 3. The first kappa shape index (κ1) is 15.9. The van der Waals surface area contributed by atoms with Crippen LogP contribution in [0.3, 0.4) is 0 Å². The minimum absolute atomic E-state index is 0.164. The van der Waals surface area contributed by atoms with Crippen molar-refractivity contribution in [2.75, 3.05) is 13.7 Å². The molecule has 1 aliphatic carbocycles. The zero-order valence-corrected chi connectivity index (χ0v) is 12.5. The fourth-order valence-corrected chi connectivity index (χ4v) is 2.86. The molecule has 0 radical (unpaired) electrons. The predicted octanol–water partition coefficient (Wildman–Crippen LogP) is 3.29. The SMILES string of the molecule is CCOC1(C(O)CCC(C)(C)OC)CCCCC1. The predicted molar refractivity (Wildman–Crippen MR) is 73.8 cm³/mol. The Balaban J connectivity index is 2.56. The molecule has 1 aliphatic rings. The van der Waals surface area contributed by atoms with Gasteiger partial charge in [-0.05, 0) is 46.5 Å². The van der Waals surface area contributed by atoms with E-state index in [9.17, 15) is 5.11 Å². The maximum absolute atomic E-state index is 10.5. The minimum Gasteiger partial charge on any atom is -0.390 e. The van der Waals surface area contributed by atoms with Gasteiger partial charge in [0.15, 0.2) is 0 Å². The summed E-state index contributed by atoms with van der Waals surface area (Å²) in [5, 5.41) is 10.5. The second-order valence-corrected chi connectivity index (χ2v) is 6.08. The smallest absolute Gasteiger partial charge is 0.0940 e. The average molecular weight is 258 g/mol.